The van der Waals surface area contributed by atoms with Gasteiger partial charge < -0.3 is 19.5 Å². The number of carbonyl (C=O) groups is 1. The minimum Gasteiger partial charge on any atom is -0.497 e. The molecule has 1 atom stereocenters. The van der Waals surface area contributed by atoms with Gasteiger partial charge in [-0.15, -0.1) is 0 Å². The minimum absolute atomic E-state index is 0.177. The molecule has 3 heterocycles. The molecule has 0 saturated heterocycles. The quantitative estimate of drug-likeness (QED) is 0.287. The van der Waals surface area contributed by atoms with Crippen LogP contribution in [-0.2, 0) is 6.54 Å². The first-order valence-corrected chi connectivity index (χ1v) is 13.0. The maximum atomic E-state index is 14.2. The number of methoxy groups -OCH3 is 1. The van der Waals surface area contributed by atoms with Crippen molar-refractivity contribution in [3.05, 3.63) is 125 Å². The number of rotatable bonds is 4. The van der Waals surface area contributed by atoms with E-state index in [9.17, 15) is 4.79 Å². The number of aryl methyl sites for hydroxylation is 3. The molecule has 2 amide bonds. The van der Waals surface area contributed by atoms with E-state index in [1.54, 1.807) is 7.11 Å². The predicted molar refractivity (Wildman–Crippen MR) is 153 cm³/mol. The Labute approximate surface area is 228 Å². The largest absolute Gasteiger partial charge is 0.497 e. The zero-order chi connectivity index (χ0) is 27.1. The third kappa shape index (κ3) is 4.36. The number of fused-ring (bicyclic) bond motifs is 3. The van der Waals surface area contributed by atoms with Crippen LogP contribution in [0.4, 0.5) is 10.5 Å². The summed E-state index contributed by atoms with van der Waals surface area (Å²) in [4.78, 5) is 16.1. The van der Waals surface area contributed by atoms with Crippen molar-refractivity contribution in [3.8, 4) is 17.3 Å². The highest BCUT2D eigenvalue weighted by atomic mass is 16.5. The van der Waals surface area contributed by atoms with Crippen LogP contribution in [0.2, 0.25) is 0 Å². The van der Waals surface area contributed by atoms with E-state index >= 15 is 0 Å². The number of nitrogens with zero attached hydrogens (tertiary/aromatic N) is 4. The van der Waals surface area contributed by atoms with Gasteiger partial charge in [0.05, 0.1) is 36.8 Å². The Hall–Kier alpha value is -4.78. The molecule has 0 saturated carbocycles. The second-order valence-corrected chi connectivity index (χ2v) is 9.99. The lowest BCUT2D eigenvalue weighted by molar-refractivity contribution is 0.194. The molecule has 0 aliphatic carbocycles. The van der Waals surface area contributed by atoms with Gasteiger partial charge in [0.2, 0.25) is 0 Å². The predicted octanol–water partition coefficient (Wildman–Crippen LogP) is 6.73. The first-order chi connectivity index (χ1) is 18.9. The molecule has 3 aromatic carbocycles. The van der Waals surface area contributed by atoms with Crippen LogP contribution in [0, 0.1) is 20.8 Å². The number of ether oxygens (including phenoxy) is 1. The van der Waals surface area contributed by atoms with Gasteiger partial charge >= 0.3 is 6.03 Å². The van der Waals surface area contributed by atoms with Crippen LogP contribution >= 0.6 is 0 Å². The van der Waals surface area contributed by atoms with E-state index < -0.39 is 0 Å². The average molecular weight is 518 g/mol. The zero-order valence-corrected chi connectivity index (χ0v) is 22.6. The van der Waals surface area contributed by atoms with Gasteiger partial charge in [-0.1, -0.05) is 42.5 Å². The number of urea groups is 1. The third-order valence-electron chi connectivity index (χ3n) is 7.39. The van der Waals surface area contributed by atoms with E-state index in [0.29, 0.717) is 6.54 Å². The highest BCUT2D eigenvalue weighted by Gasteiger charge is 2.36. The minimum atomic E-state index is -0.365. The average Bonchev–Trinajstić information content (AvgIpc) is 3.51. The molecule has 6 rings (SSSR count). The Morgan fingerprint density at radius 3 is 2.56 bits per heavy atom. The van der Waals surface area contributed by atoms with Gasteiger partial charge in [0.1, 0.15) is 11.6 Å². The number of hydrogen-bond donors (Lipinski definition) is 1. The third-order valence-corrected chi connectivity index (χ3v) is 7.39. The van der Waals surface area contributed by atoms with Crippen LogP contribution in [0.25, 0.3) is 11.5 Å². The summed E-state index contributed by atoms with van der Waals surface area (Å²) in [5, 5.41) is 8.14. The molecule has 196 valence electrons. The summed E-state index contributed by atoms with van der Waals surface area (Å²) in [5.41, 5.74) is 7.68. The fourth-order valence-electron chi connectivity index (χ4n) is 5.37. The molecule has 0 fully saturated rings. The Morgan fingerprint density at radius 2 is 1.77 bits per heavy atom. The molecule has 7 nitrogen and oxygen atoms in total. The van der Waals surface area contributed by atoms with E-state index in [-0.39, 0.29) is 12.1 Å². The first-order valence-electron chi connectivity index (χ1n) is 13.0. The second-order valence-electron chi connectivity index (χ2n) is 9.99. The second kappa shape index (κ2) is 9.83. The molecule has 1 aliphatic rings. The molecular weight excluding hydrogens is 486 g/mol. The number of benzene rings is 3. The molecular formula is C32H31N5O2. The van der Waals surface area contributed by atoms with Crippen LogP contribution in [0.15, 0.2) is 91.1 Å². The van der Waals surface area contributed by atoms with Crippen molar-refractivity contribution in [1.29, 1.82) is 0 Å². The van der Waals surface area contributed by atoms with Crippen molar-refractivity contribution in [1.82, 2.24) is 19.2 Å². The summed E-state index contributed by atoms with van der Waals surface area (Å²) < 4.78 is 9.71. The Kier molecular flexibility index (Phi) is 6.19. The number of amides is 2. The van der Waals surface area contributed by atoms with Crippen molar-refractivity contribution in [2.24, 2.45) is 0 Å². The zero-order valence-electron chi connectivity index (χ0n) is 22.6. The van der Waals surface area contributed by atoms with Crippen LogP contribution in [0.3, 0.4) is 0 Å². The molecule has 2 aromatic heterocycles. The van der Waals surface area contributed by atoms with Crippen LogP contribution in [-0.4, -0.2) is 32.4 Å². The van der Waals surface area contributed by atoms with Crippen LogP contribution in [0.5, 0.6) is 5.75 Å². The highest BCUT2D eigenvalue weighted by Crippen LogP contribution is 2.39. The SMILES string of the molecule is COc1cccc(C2c3cccn3-c3c(c(C)nn3-c3ccccc3)CN2C(=O)Nc2cc(C)ccc2C)c1. The normalized spacial score (nSPS) is 14.4. The van der Waals surface area contributed by atoms with E-state index in [1.165, 1.54) is 0 Å². The van der Waals surface area contributed by atoms with E-state index in [2.05, 4.69) is 28.1 Å². The van der Waals surface area contributed by atoms with Gasteiger partial charge in [0.25, 0.3) is 0 Å². The van der Waals surface area contributed by atoms with Crippen molar-refractivity contribution >= 4 is 11.7 Å². The molecule has 0 spiro atoms. The van der Waals surface area contributed by atoms with Gasteiger partial charge in [-0.2, -0.15) is 5.10 Å². The summed E-state index contributed by atoms with van der Waals surface area (Å²) in [7, 11) is 1.66. The summed E-state index contributed by atoms with van der Waals surface area (Å²) in [6, 6.07) is 27.7. The molecule has 5 aromatic rings. The number of hydrogen-bond acceptors (Lipinski definition) is 3. The highest BCUT2D eigenvalue weighted by molar-refractivity contribution is 5.91. The van der Waals surface area contributed by atoms with E-state index in [0.717, 1.165) is 56.6 Å². The first kappa shape index (κ1) is 24.6. The Bertz CT molecular complexity index is 1670. The molecule has 1 aliphatic heterocycles. The number of carbonyl (C=O) groups excluding carboxylic acids is 1. The van der Waals surface area contributed by atoms with Gasteiger partial charge in [-0.3, -0.25) is 0 Å². The van der Waals surface area contributed by atoms with Crippen molar-refractivity contribution in [2.45, 2.75) is 33.4 Å². The van der Waals surface area contributed by atoms with Crippen LogP contribution in [0.1, 0.15) is 39.7 Å². The maximum absolute atomic E-state index is 14.2. The summed E-state index contributed by atoms with van der Waals surface area (Å²) in [6.45, 7) is 6.43. The molecule has 1 N–H and O–H groups in total. The number of aromatic nitrogens is 3. The number of para-hydroxylation sites is 1. The molecule has 0 radical (unpaired) electrons. The van der Waals surface area contributed by atoms with Gasteiger partial charge in [0, 0.05) is 17.4 Å². The lowest BCUT2D eigenvalue weighted by Gasteiger charge is -2.31. The fraction of sp³-hybridized carbons (Fsp3) is 0.188. The fourth-order valence-corrected chi connectivity index (χ4v) is 5.37. The van der Waals surface area contributed by atoms with Gasteiger partial charge in [0.15, 0.2) is 0 Å². The molecule has 0 bridgehead atoms. The number of anilines is 1. The van der Waals surface area contributed by atoms with Crippen molar-refractivity contribution in [3.63, 3.8) is 0 Å². The monoisotopic (exact) mass is 517 g/mol. The topological polar surface area (TPSA) is 64.3 Å². The summed E-state index contributed by atoms with van der Waals surface area (Å²) in [5.74, 6) is 1.68. The Morgan fingerprint density at radius 1 is 0.949 bits per heavy atom. The van der Waals surface area contributed by atoms with Crippen molar-refractivity contribution < 1.29 is 9.53 Å². The lowest BCUT2D eigenvalue weighted by Crippen LogP contribution is -2.38. The summed E-state index contributed by atoms with van der Waals surface area (Å²) in [6.07, 6.45) is 2.05. The maximum Gasteiger partial charge on any atom is 0.322 e. The Balaban J connectivity index is 1.55. The molecule has 7 heteroatoms. The lowest BCUT2D eigenvalue weighted by atomic mass is 10.0. The molecule has 39 heavy (non-hydrogen) atoms. The van der Waals surface area contributed by atoms with E-state index in [1.807, 2.05) is 103 Å². The van der Waals surface area contributed by atoms with Gasteiger partial charge in [-0.05, 0) is 79.9 Å². The van der Waals surface area contributed by atoms with Gasteiger partial charge in [-0.25, -0.2) is 9.48 Å². The van der Waals surface area contributed by atoms with Crippen LogP contribution < -0.4 is 10.1 Å². The van der Waals surface area contributed by atoms with Crippen molar-refractivity contribution in [2.75, 3.05) is 12.4 Å². The molecule has 1 unspecified atom stereocenters. The standard InChI is InChI=1S/C32H31N5O2/c1-21-15-16-22(2)28(18-21)33-32(38)36-20-27-23(3)34-37(25-11-6-5-7-12-25)31(27)35-17-9-14-29(35)30(36)24-10-8-13-26(19-24)39-4/h5-19,30H,20H2,1-4H3,(H,33,38). The smallest absolute Gasteiger partial charge is 0.322 e. The summed E-state index contributed by atoms with van der Waals surface area (Å²) >= 11 is 0. The number of nitrogens with one attached hydrogen (secondary N) is 1. The van der Waals surface area contributed by atoms with E-state index in [4.69, 9.17) is 9.84 Å².